The number of hydrogen-bond donors (Lipinski definition) is 0. The second kappa shape index (κ2) is 13.7. The van der Waals surface area contributed by atoms with Crippen LogP contribution in [0.4, 0.5) is 4.79 Å². The smallest absolute Gasteiger partial charge is 0.410 e. The summed E-state index contributed by atoms with van der Waals surface area (Å²) in [5.74, 6) is -1.20. The Morgan fingerprint density at radius 2 is 1.57 bits per heavy atom. The van der Waals surface area contributed by atoms with E-state index in [-0.39, 0.29) is 37.4 Å². The van der Waals surface area contributed by atoms with Crippen LogP contribution in [0.25, 0.3) is 0 Å². The van der Waals surface area contributed by atoms with Crippen molar-refractivity contribution >= 4 is 31.9 Å². The summed E-state index contributed by atoms with van der Waals surface area (Å²) in [6.07, 6.45) is -1.03. The molecule has 0 bridgehead atoms. The second-order valence-corrected chi connectivity index (χ2v) is 9.13. The molecule has 1 aliphatic rings. The molecule has 10 nitrogen and oxygen atoms in total. The minimum absolute atomic E-state index is 0.0454. The van der Waals surface area contributed by atoms with Gasteiger partial charge in [-0.3, -0.25) is 14.4 Å². The number of nitrogens with zero attached hydrogens (tertiary/aromatic N) is 4. The number of benzene rings is 1. The van der Waals surface area contributed by atoms with Gasteiger partial charge in [-0.2, -0.15) is 0 Å². The van der Waals surface area contributed by atoms with Gasteiger partial charge in [0.2, 0.25) is 5.91 Å². The van der Waals surface area contributed by atoms with Crippen LogP contribution >= 0.6 is 0 Å². The van der Waals surface area contributed by atoms with Gasteiger partial charge in [0.25, 0.3) is 5.91 Å². The Morgan fingerprint density at radius 1 is 0.971 bits per heavy atom. The zero-order valence-electron chi connectivity index (χ0n) is 21.0. The van der Waals surface area contributed by atoms with Crippen molar-refractivity contribution < 1.29 is 28.7 Å². The molecule has 0 saturated carbocycles. The van der Waals surface area contributed by atoms with E-state index < -0.39 is 18.2 Å². The molecule has 1 aromatic rings. The van der Waals surface area contributed by atoms with E-state index in [1.54, 1.807) is 16.8 Å². The first-order valence-corrected chi connectivity index (χ1v) is 11.7. The van der Waals surface area contributed by atoms with Crippen LogP contribution in [-0.4, -0.2) is 111 Å². The fraction of sp³-hybridized carbons (Fsp3) is 0.583. The molecular weight excluding hydrogens is 451 g/mol. The second-order valence-electron chi connectivity index (χ2n) is 9.13. The van der Waals surface area contributed by atoms with Gasteiger partial charge in [0.15, 0.2) is 14.1 Å². The van der Waals surface area contributed by atoms with Crippen molar-refractivity contribution in [1.29, 1.82) is 0 Å². The van der Waals surface area contributed by atoms with Gasteiger partial charge in [-0.1, -0.05) is 44.2 Å². The van der Waals surface area contributed by atoms with Crippen LogP contribution < -0.4 is 0 Å². The van der Waals surface area contributed by atoms with E-state index in [2.05, 4.69) is 0 Å². The van der Waals surface area contributed by atoms with Crippen molar-refractivity contribution in [3.63, 3.8) is 0 Å². The molecule has 1 aromatic carbocycles. The molecule has 1 fully saturated rings. The molecule has 35 heavy (non-hydrogen) atoms. The van der Waals surface area contributed by atoms with Crippen molar-refractivity contribution in [2.24, 2.45) is 5.92 Å². The van der Waals surface area contributed by atoms with Crippen LogP contribution in [0.2, 0.25) is 0 Å². The molecule has 0 aromatic heterocycles. The molecule has 0 unspecified atom stereocenters. The van der Waals surface area contributed by atoms with E-state index >= 15 is 0 Å². The maximum absolute atomic E-state index is 13.1. The van der Waals surface area contributed by atoms with Crippen LogP contribution in [0, 0.1) is 5.92 Å². The molecule has 1 atom stereocenters. The zero-order valence-corrected chi connectivity index (χ0v) is 21.0. The van der Waals surface area contributed by atoms with Crippen molar-refractivity contribution in [3.05, 3.63) is 35.9 Å². The molecule has 11 heteroatoms. The van der Waals surface area contributed by atoms with Gasteiger partial charge in [0.05, 0.1) is 6.54 Å². The molecule has 190 valence electrons. The third-order valence-electron chi connectivity index (χ3n) is 5.47. The lowest BCUT2D eigenvalue weighted by Gasteiger charge is -2.36. The number of piperazine rings is 1. The molecule has 3 amide bonds. The maximum Gasteiger partial charge on any atom is 0.410 e. The van der Waals surface area contributed by atoms with Crippen molar-refractivity contribution in [1.82, 2.24) is 19.5 Å². The largest absolute Gasteiger partial charge is 0.451 e. The third-order valence-corrected chi connectivity index (χ3v) is 5.47. The first-order chi connectivity index (χ1) is 16.6. The number of rotatable bonds is 10. The Labute approximate surface area is 208 Å². The quantitative estimate of drug-likeness (QED) is 0.358. The van der Waals surface area contributed by atoms with Gasteiger partial charge in [0, 0.05) is 33.2 Å². The average Bonchev–Trinajstić information content (AvgIpc) is 2.81. The lowest BCUT2D eigenvalue weighted by Crippen LogP contribution is -2.54. The molecule has 0 N–H and O–H groups in total. The number of amides is 3. The molecule has 2 radical (unpaired) electrons. The molecular formula is C24H35BN4O6. The molecule has 1 aliphatic heterocycles. The van der Waals surface area contributed by atoms with E-state index in [1.807, 2.05) is 44.2 Å². The number of carbonyl (C=O) groups excluding carboxylic acids is 4. The van der Waals surface area contributed by atoms with Crippen LogP contribution in [0.5, 0.6) is 0 Å². The zero-order chi connectivity index (χ0) is 26.0. The Bertz CT molecular complexity index is 859. The SMILES string of the molecule is [B]N(C)CC(=O)N(C)CC(=O)O[C@@H](CC(C)C)C(=O)N1CCN(C(=O)OCc2ccccc2)CC1. The number of hydrogen-bond acceptors (Lipinski definition) is 7. The van der Waals surface area contributed by atoms with E-state index in [0.29, 0.717) is 32.6 Å². The molecule has 1 saturated heterocycles. The summed E-state index contributed by atoms with van der Waals surface area (Å²) >= 11 is 0. The van der Waals surface area contributed by atoms with Gasteiger partial charge in [-0.05, 0) is 24.9 Å². The van der Waals surface area contributed by atoms with Crippen LogP contribution in [0.3, 0.4) is 0 Å². The summed E-state index contributed by atoms with van der Waals surface area (Å²) in [5, 5.41) is 0. The predicted octanol–water partition coefficient (Wildman–Crippen LogP) is 0.899. The number of esters is 1. The molecule has 0 aliphatic carbocycles. The fourth-order valence-corrected chi connectivity index (χ4v) is 3.56. The monoisotopic (exact) mass is 486 g/mol. The van der Waals surface area contributed by atoms with Crippen molar-refractivity contribution in [3.8, 4) is 0 Å². The van der Waals surface area contributed by atoms with Crippen molar-refractivity contribution in [2.45, 2.75) is 33.0 Å². The summed E-state index contributed by atoms with van der Waals surface area (Å²) in [7, 11) is 8.50. The minimum atomic E-state index is -0.959. The highest BCUT2D eigenvalue weighted by molar-refractivity contribution is 6.05. The van der Waals surface area contributed by atoms with Gasteiger partial charge in [0.1, 0.15) is 13.2 Å². The van der Waals surface area contributed by atoms with Crippen molar-refractivity contribution in [2.75, 3.05) is 53.4 Å². The first-order valence-electron chi connectivity index (χ1n) is 11.7. The highest BCUT2D eigenvalue weighted by Gasteiger charge is 2.32. The number of ether oxygens (including phenoxy) is 2. The van der Waals surface area contributed by atoms with E-state index in [1.165, 1.54) is 16.8 Å². The Hall–Kier alpha value is -3.08. The average molecular weight is 486 g/mol. The highest BCUT2D eigenvalue weighted by Crippen LogP contribution is 2.15. The normalized spacial score (nSPS) is 14.6. The predicted molar refractivity (Wildman–Crippen MR) is 130 cm³/mol. The topological polar surface area (TPSA) is 99.7 Å². The van der Waals surface area contributed by atoms with E-state index in [0.717, 1.165) is 5.56 Å². The lowest BCUT2D eigenvalue weighted by atomic mass is 10.0. The summed E-state index contributed by atoms with van der Waals surface area (Å²) in [5.41, 5.74) is 0.899. The lowest BCUT2D eigenvalue weighted by molar-refractivity contribution is -0.163. The molecule has 0 spiro atoms. The Kier molecular flexibility index (Phi) is 11.0. The van der Waals surface area contributed by atoms with Crippen LogP contribution in [0.15, 0.2) is 30.3 Å². The molecule has 1 heterocycles. The summed E-state index contributed by atoms with van der Waals surface area (Å²) < 4.78 is 10.9. The van der Waals surface area contributed by atoms with Gasteiger partial charge in [-0.15, -0.1) is 0 Å². The van der Waals surface area contributed by atoms with Gasteiger partial charge in [-0.25, -0.2) is 4.79 Å². The van der Waals surface area contributed by atoms with Crippen LogP contribution in [0.1, 0.15) is 25.8 Å². The van der Waals surface area contributed by atoms with E-state index in [4.69, 9.17) is 17.5 Å². The number of likely N-dealkylation sites (N-methyl/N-ethyl adjacent to an activating group) is 2. The highest BCUT2D eigenvalue weighted by atomic mass is 16.6. The van der Waals surface area contributed by atoms with Gasteiger partial charge < -0.3 is 29.0 Å². The standard InChI is InChI=1S/C24H35BN4O6/c1-18(2)14-20(35-22(31)16-26(3)21(30)15-27(4)25)23(32)28-10-12-29(13-11-28)24(33)34-17-19-8-6-5-7-9-19/h5-9,18,20H,10-17H2,1-4H3/t20-/m0/s1. The first kappa shape index (κ1) is 28.2. The summed E-state index contributed by atoms with van der Waals surface area (Å²) in [6, 6.07) is 9.41. The number of carbonyl (C=O) groups is 4. The fourth-order valence-electron chi connectivity index (χ4n) is 3.56. The minimum Gasteiger partial charge on any atom is -0.451 e. The maximum atomic E-state index is 13.1. The van der Waals surface area contributed by atoms with Gasteiger partial charge >= 0.3 is 12.1 Å². The summed E-state index contributed by atoms with van der Waals surface area (Å²) in [4.78, 5) is 55.6. The van der Waals surface area contributed by atoms with E-state index in [9.17, 15) is 19.2 Å². The Balaban J connectivity index is 1.87. The third kappa shape index (κ3) is 9.60. The molecule has 2 rings (SSSR count). The Morgan fingerprint density at radius 3 is 2.14 bits per heavy atom. The van der Waals surface area contributed by atoms with Crippen LogP contribution in [-0.2, 0) is 30.5 Å². The summed E-state index contributed by atoms with van der Waals surface area (Å²) in [6.45, 7) is 5.00.